The van der Waals surface area contributed by atoms with Crippen LogP contribution in [0, 0.1) is 5.82 Å². The Balaban J connectivity index is 1.40. The first-order chi connectivity index (χ1) is 20.1. The smallest absolute Gasteiger partial charge is 0.240 e. The Kier molecular flexibility index (Phi) is 8.10. The highest BCUT2D eigenvalue weighted by molar-refractivity contribution is 7.89. The van der Waals surface area contributed by atoms with E-state index in [0.717, 1.165) is 5.56 Å². The second-order valence-corrected chi connectivity index (χ2v) is 12.1. The van der Waals surface area contributed by atoms with Gasteiger partial charge in [0.2, 0.25) is 21.9 Å². The molecule has 42 heavy (non-hydrogen) atoms. The fraction of sp³-hybridized carbons (Fsp3) is 0.233. The molecule has 0 saturated heterocycles. The van der Waals surface area contributed by atoms with E-state index < -0.39 is 21.3 Å². The van der Waals surface area contributed by atoms with Gasteiger partial charge in [-0.3, -0.25) is 4.79 Å². The van der Waals surface area contributed by atoms with Gasteiger partial charge in [-0.2, -0.15) is 4.98 Å². The number of carbonyl (C=O) groups is 1. The van der Waals surface area contributed by atoms with Crippen molar-refractivity contribution in [3.63, 3.8) is 0 Å². The number of benzene rings is 3. The number of nitrogens with one attached hydrogen (secondary N) is 4. The van der Waals surface area contributed by atoms with Crippen LogP contribution in [0.25, 0.3) is 11.1 Å². The number of aromatic nitrogens is 2. The van der Waals surface area contributed by atoms with E-state index >= 15 is 4.39 Å². The molecule has 0 atom stereocenters. The Bertz CT molecular complexity index is 1750. The molecule has 218 valence electrons. The van der Waals surface area contributed by atoms with Crippen molar-refractivity contribution in [2.75, 3.05) is 36.1 Å². The quantitative estimate of drug-likeness (QED) is 0.254. The molecule has 2 heterocycles. The van der Waals surface area contributed by atoms with Crippen LogP contribution in [-0.2, 0) is 20.2 Å². The molecule has 12 heteroatoms. The van der Waals surface area contributed by atoms with Crippen LogP contribution in [-0.4, -0.2) is 44.5 Å². The Morgan fingerprint density at radius 1 is 1.05 bits per heavy atom. The third-order valence-corrected chi connectivity index (χ3v) is 8.47. The second kappa shape index (κ2) is 11.7. The maximum atomic E-state index is 15.4. The van der Waals surface area contributed by atoms with Gasteiger partial charge < -0.3 is 20.7 Å². The molecule has 0 saturated carbocycles. The van der Waals surface area contributed by atoms with Crippen molar-refractivity contribution in [3.05, 3.63) is 84.3 Å². The zero-order chi connectivity index (χ0) is 29.9. The number of ether oxygens (including phenoxy) is 1. The molecule has 4 aromatic rings. The van der Waals surface area contributed by atoms with Crippen molar-refractivity contribution < 1.29 is 22.3 Å². The first kappa shape index (κ1) is 29.0. The van der Waals surface area contributed by atoms with E-state index in [1.54, 1.807) is 63.6 Å². The highest BCUT2D eigenvalue weighted by Crippen LogP contribution is 2.32. The summed E-state index contributed by atoms with van der Waals surface area (Å²) >= 11 is 0. The molecule has 1 aromatic heterocycles. The molecule has 4 bridgehead atoms. The van der Waals surface area contributed by atoms with Crippen LogP contribution in [0.4, 0.5) is 27.5 Å². The lowest BCUT2D eigenvalue weighted by Gasteiger charge is -2.25. The monoisotopic (exact) mass is 590 g/mol. The minimum atomic E-state index is -3.67. The van der Waals surface area contributed by atoms with Gasteiger partial charge in [0, 0.05) is 30.5 Å². The Morgan fingerprint density at radius 2 is 1.86 bits per heavy atom. The Labute approximate surface area is 243 Å². The highest BCUT2D eigenvalue weighted by atomic mass is 32.2. The molecule has 1 aliphatic rings. The molecular formula is C30H31FN6O4S. The van der Waals surface area contributed by atoms with Crippen LogP contribution in [0.3, 0.4) is 0 Å². The summed E-state index contributed by atoms with van der Waals surface area (Å²) in [6.45, 7) is 4.14. The summed E-state index contributed by atoms with van der Waals surface area (Å²) in [5.41, 5.74) is 1.35. The van der Waals surface area contributed by atoms with Crippen LogP contribution < -0.4 is 25.4 Å². The van der Waals surface area contributed by atoms with Gasteiger partial charge in [-0.15, -0.1) is 0 Å². The number of amides is 1. The summed E-state index contributed by atoms with van der Waals surface area (Å²) in [6, 6.07) is 18.1. The van der Waals surface area contributed by atoms with Crippen molar-refractivity contribution in [2.45, 2.75) is 30.6 Å². The zero-order valence-corrected chi connectivity index (χ0v) is 24.2. The lowest BCUT2D eigenvalue weighted by molar-refractivity contribution is -0.120. The third-order valence-electron chi connectivity index (χ3n) is 7.01. The molecule has 0 spiro atoms. The Morgan fingerprint density at radius 3 is 2.64 bits per heavy atom. The van der Waals surface area contributed by atoms with E-state index in [1.165, 1.54) is 24.3 Å². The van der Waals surface area contributed by atoms with Crippen molar-refractivity contribution in [3.8, 4) is 16.9 Å². The first-order valence-corrected chi connectivity index (χ1v) is 14.8. The van der Waals surface area contributed by atoms with E-state index in [4.69, 9.17) is 4.74 Å². The maximum Gasteiger partial charge on any atom is 0.240 e. The number of hydrogen-bond acceptors (Lipinski definition) is 8. The molecule has 0 fully saturated rings. The van der Waals surface area contributed by atoms with Crippen molar-refractivity contribution in [1.82, 2.24) is 14.7 Å². The van der Waals surface area contributed by atoms with Crippen LogP contribution in [0.5, 0.6) is 5.75 Å². The highest BCUT2D eigenvalue weighted by Gasteiger charge is 2.31. The molecule has 5 rings (SSSR count). The van der Waals surface area contributed by atoms with Gasteiger partial charge >= 0.3 is 0 Å². The molecule has 10 nitrogen and oxygen atoms in total. The van der Waals surface area contributed by atoms with Gasteiger partial charge in [0.25, 0.3) is 0 Å². The maximum absolute atomic E-state index is 15.4. The van der Waals surface area contributed by atoms with E-state index in [0.29, 0.717) is 41.3 Å². The van der Waals surface area contributed by atoms with E-state index in [-0.39, 0.29) is 29.0 Å². The summed E-state index contributed by atoms with van der Waals surface area (Å²) in [4.78, 5) is 22.3. The number of methoxy groups -OCH3 is 1. The summed E-state index contributed by atoms with van der Waals surface area (Å²) in [5, 5.41) is 8.95. The summed E-state index contributed by atoms with van der Waals surface area (Å²) < 4.78 is 48.5. The average molecular weight is 591 g/mol. The second-order valence-electron chi connectivity index (χ2n) is 10.3. The molecule has 3 aromatic carbocycles. The lowest BCUT2D eigenvalue weighted by Crippen LogP contribution is -2.35. The largest absolute Gasteiger partial charge is 0.497 e. The van der Waals surface area contributed by atoms with Gasteiger partial charge in [-0.25, -0.2) is 22.5 Å². The van der Waals surface area contributed by atoms with Crippen molar-refractivity contribution >= 4 is 39.1 Å². The molecule has 0 unspecified atom stereocenters. The molecule has 4 N–H and O–H groups in total. The van der Waals surface area contributed by atoms with E-state index in [2.05, 4.69) is 30.6 Å². The number of halogens is 1. The minimum absolute atomic E-state index is 0.0407. The SMILES string of the molecule is COc1cccc(C(C)(C)C(=O)Nc2ccc(-c3cnc4nc3NCCCNS(=O)(=O)c3cccc(c3)N4)cc2F)c1. The van der Waals surface area contributed by atoms with Gasteiger partial charge in [-0.1, -0.05) is 24.3 Å². The fourth-order valence-corrected chi connectivity index (χ4v) is 5.57. The number of rotatable bonds is 5. The van der Waals surface area contributed by atoms with Crippen molar-refractivity contribution in [1.29, 1.82) is 0 Å². The summed E-state index contributed by atoms with van der Waals surface area (Å²) in [6.07, 6.45) is 2.04. The van der Waals surface area contributed by atoms with Crippen LogP contribution in [0.2, 0.25) is 0 Å². The van der Waals surface area contributed by atoms with E-state index in [9.17, 15) is 13.2 Å². The predicted molar refractivity (Wildman–Crippen MR) is 160 cm³/mol. The first-order valence-electron chi connectivity index (χ1n) is 13.3. The number of carbonyl (C=O) groups excluding carboxylic acids is 1. The number of anilines is 4. The van der Waals surface area contributed by atoms with Crippen LogP contribution in [0.1, 0.15) is 25.8 Å². The third kappa shape index (κ3) is 6.19. The normalized spacial score (nSPS) is 14.7. The fourth-order valence-electron chi connectivity index (χ4n) is 4.45. The lowest BCUT2D eigenvalue weighted by atomic mass is 9.83. The summed E-state index contributed by atoms with van der Waals surface area (Å²) in [5.74, 6) is 0.320. The topological polar surface area (TPSA) is 134 Å². The van der Waals surface area contributed by atoms with Crippen LogP contribution >= 0.6 is 0 Å². The van der Waals surface area contributed by atoms with Gasteiger partial charge in [0.1, 0.15) is 17.4 Å². The van der Waals surface area contributed by atoms with Gasteiger partial charge in [-0.05, 0) is 73.9 Å². The Hall–Kier alpha value is -4.55. The van der Waals surface area contributed by atoms with Crippen LogP contribution in [0.15, 0.2) is 77.8 Å². The zero-order valence-electron chi connectivity index (χ0n) is 23.4. The molecular weight excluding hydrogens is 559 g/mol. The van der Waals surface area contributed by atoms with E-state index in [1.807, 2.05) is 6.07 Å². The molecule has 0 aliphatic carbocycles. The number of nitrogens with zero attached hydrogens (tertiary/aromatic N) is 2. The number of hydrogen-bond donors (Lipinski definition) is 4. The standard InChI is InChI=1S/C30H31FN6O4S/c1-30(2,20-7-4-9-22(16-20)41-3)28(38)36-26-12-11-19(15-25(26)31)24-18-33-29-35-21-8-5-10-23(17-21)42(39,40)34-14-6-13-32-27(24)37-29/h4-5,7-12,15-18,34H,6,13-14H2,1-3H3,(H,36,38)(H2,32,33,35,37). The van der Waals surface area contributed by atoms with Gasteiger partial charge in [0.05, 0.1) is 23.1 Å². The molecule has 1 aliphatic heterocycles. The van der Waals surface area contributed by atoms with Gasteiger partial charge in [0.15, 0.2) is 0 Å². The predicted octanol–water partition coefficient (Wildman–Crippen LogP) is 5.05. The van der Waals surface area contributed by atoms with Crippen molar-refractivity contribution in [2.24, 2.45) is 0 Å². The minimum Gasteiger partial charge on any atom is -0.497 e. The molecule has 0 radical (unpaired) electrons. The summed E-state index contributed by atoms with van der Waals surface area (Å²) in [7, 11) is -2.11. The molecule has 1 amide bonds. The average Bonchev–Trinajstić information content (AvgIpc) is 2.98. The number of fused-ring (bicyclic) bond motifs is 4. The number of sulfonamides is 1.